The van der Waals surface area contributed by atoms with E-state index in [9.17, 15) is 14.0 Å². The zero-order chi connectivity index (χ0) is 16.9. The predicted octanol–water partition coefficient (Wildman–Crippen LogP) is 1.97. The summed E-state index contributed by atoms with van der Waals surface area (Å²) in [6.45, 7) is 1.86. The van der Waals surface area contributed by atoms with E-state index in [4.69, 9.17) is 16.3 Å². The molecule has 2 atom stereocenters. The number of rotatable bonds is 2. The van der Waals surface area contributed by atoms with Crippen molar-refractivity contribution < 1.29 is 18.7 Å². The van der Waals surface area contributed by atoms with Crippen LogP contribution in [0.15, 0.2) is 18.2 Å². The zero-order valence-electron chi connectivity index (χ0n) is 13.1. The van der Waals surface area contributed by atoms with Crippen LogP contribution in [0.1, 0.15) is 24.8 Å². The molecule has 3 heterocycles. The molecule has 5 nitrogen and oxygen atoms in total. The monoisotopic (exact) mass is 352 g/mol. The number of hydrogen-bond donors (Lipinski definition) is 0. The second-order valence-corrected chi connectivity index (χ2v) is 7.04. The lowest BCUT2D eigenvalue weighted by Crippen LogP contribution is -2.56. The largest absolute Gasteiger partial charge is 0.353 e. The third kappa shape index (κ3) is 2.40. The lowest BCUT2D eigenvalue weighted by molar-refractivity contribution is -0.181. The lowest BCUT2D eigenvalue weighted by atomic mass is 10.0. The van der Waals surface area contributed by atoms with Gasteiger partial charge in [-0.1, -0.05) is 11.6 Å². The van der Waals surface area contributed by atoms with Gasteiger partial charge in [0.25, 0.3) is 0 Å². The van der Waals surface area contributed by atoms with E-state index < -0.39 is 11.5 Å². The zero-order valence-corrected chi connectivity index (χ0v) is 13.9. The Bertz CT molecular complexity index is 693. The summed E-state index contributed by atoms with van der Waals surface area (Å²) in [6.07, 6.45) is 1.84. The third-order valence-electron chi connectivity index (χ3n) is 5.21. The van der Waals surface area contributed by atoms with E-state index in [0.717, 1.165) is 6.42 Å². The molecule has 0 N–H and O–H groups in total. The molecule has 1 aromatic carbocycles. The molecule has 0 bridgehead atoms. The van der Waals surface area contributed by atoms with Crippen LogP contribution in [0.25, 0.3) is 0 Å². The fraction of sp³-hybridized carbons (Fsp3) is 0.529. The molecule has 1 spiro atoms. The van der Waals surface area contributed by atoms with Gasteiger partial charge in [-0.2, -0.15) is 0 Å². The molecule has 3 fully saturated rings. The van der Waals surface area contributed by atoms with E-state index in [1.54, 1.807) is 15.9 Å². The summed E-state index contributed by atoms with van der Waals surface area (Å²) in [6, 6.07) is 3.88. The van der Waals surface area contributed by atoms with Crippen LogP contribution < -0.4 is 0 Å². The normalized spacial score (nSPS) is 28.9. The highest BCUT2D eigenvalue weighted by molar-refractivity contribution is 6.30. The van der Waals surface area contributed by atoms with Crippen LogP contribution in [0.4, 0.5) is 4.39 Å². The highest BCUT2D eigenvalue weighted by atomic mass is 35.5. The van der Waals surface area contributed by atoms with Gasteiger partial charge < -0.3 is 14.5 Å². The van der Waals surface area contributed by atoms with Crippen molar-refractivity contribution in [2.24, 2.45) is 0 Å². The molecule has 0 unspecified atom stereocenters. The number of likely N-dealkylation sites (tertiary alicyclic amines) is 1. The van der Waals surface area contributed by atoms with Crippen molar-refractivity contribution in [3.8, 4) is 0 Å². The van der Waals surface area contributed by atoms with Crippen molar-refractivity contribution in [1.29, 1.82) is 0 Å². The van der Waals surface area contributed by atoms with Gasteiger partial charge in [-0.3, -0.25) is 9.59 Å². The molecule has 3 aliphatic rings. The van der Waals surface area contributed by atoms with Gasteiger partial charge in [-0.05, 0) is 30.2 Å². The van der Waals surface area contributed by atoms with Gasteiger partial charge in [0, 0.05) is 24.5 Å². The molecule has 3 saturated heterocycles. The Hall–Kier alpha value is -1.66. The molecular weight excluding hydrogens is 335 g/mol. The second-order valence-electron chi connectivity index (χ2n) is 6.60. The Morgan fingerprint density at radius 1 is 1.38 bits per heavy atom. The maximum absolute atomic E-state index is 13.5. The molecule has 7 heteroatoms. The van der Waals surface area contributed by atoms with Crippen LogP contribution in [0.5, 0.6) is 0 Å². The summed E-state index contributed by atoms with van der Waals surface area (Å²) in [7, 11) is 0. The Morgan fingerprint density at radius 2 is 2.21 bits per heavy atom. The molecule has 128 valence electrons. The minimum atomic E-state index is -0.648. The minimum absolute atomic E-state index is 0.0472. The highest BCUT2D eigenvalue weighted by Gasteiger charge is 2.61. The highest BCUT2D eigenvalue weighted by Crippen LogP contribution is 2.45. The number of carbonyl (C=O) groups excluding carboxylic acids is 2. The Balaban J connectivity index is 1.55. The van der Waals surface area contributed by atoms with E-state index in [0.29, 0.717) is 38.1 Å². The Morgan fingerprint density at radius 3 is 3.00 bits per heavy atom. The number of hydrogen-bond acceptors (Lipinski definition) is 3. The first-order valence-electron chi connectivity index (χ1n) is 8.18. The first-order chi connectivity index (χ1) is 11.5. The van der Waals surface area contributed by atoms with Gasteiger partial charge in [0.2, 0.25) is 11.8 Å². The van der Waals surface area contributed by atoms with E-state index >= 15 is 0 Å². The van der Waals surface area contributed by atoms with Crippen LogP contribution in [0.3, 0.4) is 0 Å². The molecule has 24 heavy (non-hydrogen) atoms. The average molecular weight is 353 g/mol. The Labute approximate surface area is 144 Å². The van der Waals surface area contributed by atoms with E-state index in [2.05, 4.69) is 0 Å². The molecule has 4 rings (SSSR count). The first kappa shape index (κ1) is 15.8. The lowest BCUT2D eigenvalue weighted by Gasteiger charge is -2.42. The molecule has 1 aromatic rings. The standard InChI is InChI=1S/C17H18ClFN2O3/c18-12-6-11(7-13(19)9-12)8-15(22)20-4-2-17-14(20)10-16(23)21(17)3-1-5-24-17/h6-7,9,14H,1-5,8,10H2/t14-,17+/m1/s1. The summed E-state index contributed by atoms with van der Waals surface area (Å²) < 4.78 is 19.4. The van der Waals surface area contributed by atoms with Crippen molar-refractivity contribution in [1.82, 2.24) is 9.80 Å². The maximum Gasteiger partial charge on any atom is 0.227 e. The SMILES string of the molecule is O=C(Cc1cc(F)cc(Cl)c1)N1CC[C@@]23OCCCN2C(=O)C[C@@H]13. The predicted molar refractivity (Wildman–Crippen MR) is 84.9 cm³/mol. The average Bonchev–Trinajstić information content (AvgIpc) is 2.98. The van der Waals surface area contributed by atoms with Gasteiger partial charge >= 0.3 is 0 Å². The van der Waals surface area contributed by atoms with Crippen molar-refractivity contribution >= 4 is 23.4 Å². The van der Waals surface area contributed by atoms with E-state index in [1.807, 2.05) is 0 Å². The van der Waals surface area contributed by atoms with Gasteiger partial charge in [-0.15, -0.1) is 0 Å². The van der Waals surface area contributed by atoms with E-state index in [-0.39, 0.29) is 29.3 Å². The van der Waals surface area contributed by atoms with Crippen LogP contribution in [0, 0.1) is 5.82 Å². The summed E-state index contributed by atoms with van der Waals surface area (Å²) in [4.78, 5) is 28.5. The maximum atomic E-state index is 13.5. The molecule has 0 radical (unpaired) electrons. The summed E-state index contributed by atoms with van der Waals surface area (Å²) in [5, 5.41) is 0.272. The molecule has 0 aromatic heterocycles. The fourth-order valence-electron chi connectivity index (χ4n) is 4.24. The number of amides is 2. The number of carbonyl (C=O) groups is 2. The molecule has 0 aliphatic carbocycles. The van der Waals surface area contributed by atoms with Gasteiger partial charge in [-0.25, -0.2) is 4.39 Å². The quantitative estimate of drug-likeness (QED) is 0.817. The topological polar surface area (TPSA) is 49.9 Å². The smallest absolute Gasteiger partial charge is 0.227 e. The summed E-state index contributed by atoms with van der Waals surface area (Å²) >= 11 is 5.86. The van der Waals surface area contributed by atoms with Gasteiger partial charge in [0.05, 0.1) is 25.5 Å². The Kier molecular flexibility index (Phi) is 3.77. The van der Waals surface area contributed by atoms with Crippen molar-refractivity contribution in [2.45, 2.75) is 37.5 Å². The van der Waals surface area contributed by atoms with Gasteiger partial charge in [0.15, 0.2) is 5.72 Å². The second kappa shape index (κ2) is 5.70. The van der Waals surface area contributed by atoms with Crippen molar-refractivity contribution in [3.05, 3.63) is 34.6 Å². The fourth-order valence-corrected chi connectivity index (χ4v) is 4.48. The number of halogens is 2. The van der Waals surface area contributed by atoms with Crippen LogP contribution in [-0.2, 0) is 20.7 Å². The van der Waals surface area contributed by atoms with Crippen LogP contribution >= 0.6 is 11.6 Å². The number of nitrogens with zero attached hydrogens (tertiary/aromatic N) is 2. The van der Waals surface area contributed by atoms with Gasteiger partial charge in [0.1, 0.15) is 5.82 Å². The minimum Gasteiger partial charge on any atom is -0.353 e. The molecule has 2 amide bonds. The van der Waals surface area contributed by atoms with Crippen molar-refractivity contribution in [2.75, 3.05) is 19.7 Å². The van der Waals surface area contributed by atoms with Crippen LogP contribution in [-0.4, -0.2) is 53.1 Å². The molecule has 0 saturated carbocycles. The van der Waals surface area contributed by atoms with Crippen LogP contribution in [0.2, 0.25) is 5.02 Å². The first-order valence-corrected chi connectivity index (χ1v) is 8.56. The summed E-state index contributed by atoms with van der Waals surface area (Å²) in [5.74, 6) is -0.533. The third-order valence-corrected chi connectivity index (χ3v) is 5.43. The van der Waals surface area contributed by atoms with Crippen molar-refractivity contribution in [3.63, 3.8) is 0 Å². The van der Waals surface area contributed by atoms with E-state index in [1.165, 1.54) is 12.1 Å². The number of benzene rings is 1. The summed E-state index contributed by atoms with van der Waals surface area (Å²) in [5.41, 5.74) is -0.110. The molecule has 3 aliphatic heterocycles. The molecular formula is C17H18ClFN2O3. The number of ether oxygens (including phenoxy) is 1.